The number of pyridine rings is 1. The molecule has 6 rings (SSSR count). The zero-order valence-electron chi connectivity index (χ0n) is 16.4. The van der Waals surface area contributed by atoms with E-state index in [-0.39, 0.29) is 6.04 Å². The van der Waals surface area contributed by atoms with Crippen LogP contribution < -0.4 is 5.32 Å². The second kappa shape index (κ2) is 7.40. The average Bonchev–Trinajstić information content (AvgIpc) is 3.43. The van der Waals surface area contributed by atoms with E-state index in [4.69, 9.17) is 4.98 Å². The van der Waals surface area contributed by atoms with E-state index in [2.05, 4.69) is 66.1 Å². The molecule has 5 aromatic rings. The Hall–Kier alpha value is -2.81. The van der Waals surface area contributed by atoms with Crippen LogP contribution in [0.15, 0.2) is 65.5 Å². The van der Waals surface area contributed by atoms with E-state index in [0.29, 0.717) is 13.0 Å². The molecule has 0 fully saturated rings. The molecular formula is C23H18BrN5OS. The fraction of sp³-hybridized carbons (Fsp3) is 0.174. The number of rotatable bonds is 4. The number of fused-ring (bicyclic) bond motifs is 3. The number of nitrogens with one attached hydrogen (secondary N) is 1. The topological polar surface area (TPSA) is 75.9 Å². The van der Waals surface area contributed by atoms with E-state index in [1.807, 2.05) is 24.5 Å². The molecule has 2 aromatic carbocycles. The van der Waals surface area contributed by atoms with Crippen LogP contribution in [0.2, 0.25) is 0 Å². The number of halogens is 1. The Kier molecular flexibility index (Phi) is 4.52. The normalized spacial score (nSPS) is 18.0. The van der Waals surface area contributed by atoms with Gasteiger partial charge in [0.05, 0.1) is 35.2 Å². The summed E-state index contributed by atoms with van der Waals surface area (Å²) in [5, 5.41) is 14.8. The van der Waals surface area contributed by atoms with Gasteiger partial charge in [-0.05, 0) is 50.8 Å². The van der Waals surface area contributed by atoms with E-state index in [9.17, 15) is 5.11 Å². The van der Waals surface area contributed by atoms with E-state index >= 15 is 0 Å². The molecule has 0 unspecified atom stereocenters. The van der Waals surface area contributed by atoms with Gasteiger partial charge in [0.25, 0.3) is 0 Å². The first-order chi connectivity index (χ1) is 15.1. The maximum Gasteiger partial charge on any atom is 0.184 e. The van der Waals surface area contributed by atoms with Crippen LogP contribution in [0, 0.1) is 0 Å². The molecule has 0 amide bonds. The van der Waals surface area contributed by atoms with Gasteiger partial charge >= 0.3 is 0 Å². The predicted octanol–water partition coefficient (Wildman–Crippen LogP) is 4.92. The number of thiazole rings is 1. The largest absolute Gasteiger partial charge is 0.390 e. The summed E-state index contributed by atoms with van der Waals surface area (Å²) in [7, 11) is 0. The Morgan fingerprint density at radius 2 is 2.03 bits per heavy atom. The minimum atomic E-state index is -0.443. The lowest BCUT2D eigenvalue weighted by Crippen LogP contribution is -2.20. The third kappa shape index (κ3) is 3.40. The van der Waals surface area contributed by atoms with Crippen molar-refractivity contribution in [3.05, 3.63) is 82.2 Å². The molecule has 8 heteroatoms. The summed E-state index contributed by atoms with van der Waals surface area (Å²) >= 11 is 5.06. The summed E-state index contributed by atoms with van der Waals surface area (Å²) in [5.41, 5.74) is 6.21. The van der Waals surface area contributed by atoms with Crippen LogP contribution in [-0.2, 0) is 13.0 Å². The minimum absolute atomic E-state index is 0.126. The number of benzene rings is 2. The highest BCUT2D eigenvalue weighted by Gasteiger charge is 2.31. The first-order valence-electron chi connectivity index (χ1n) is 10.0. The first-order valence-corrected chi connectivity index (χ1v) is 11.6. The number of aliphatic hydroxyl groups excluding tert-OH is 1. The van der Waals surface area contributed by atoms with Crippen molar-refractivity contribution in [3.63, 3.8) is 0 Å². The summed E-state index contributed by atoms with van der Waals surface area (Å²) in [6.45, 7) is 0.691. The molecule has 0 saturated carbocycles. The molecule has 0 aliphatic heterocycles. The van der Waals surface area contributed by atoms with Crippen molar-refractivity contribution in [1.82, 2.24) is 19.5 Å². The molecule has 3 heterocycles. The van der Waals surface area contributed by atoms with Crippen LogP contribution in [0.4, 0.5) is 5.13 Å². The quantitative estimate of drug-likeness (QED) is 0.373. The molecule has 31 heavy (non-hydrogen) atoms. The predicted molar refractivity (Wildman–Crippen MR) is 126 cm³/mol. The summed E-state index contributed by atoms with van der Waals surface area (Å²) in [6, 6.07) is 16.4. The molecule has 1 aliphatic rings. The van der Waals surface area contributed by atoms with Gasteiger partial charge < -0.3 is 15.0 Å². The van der Waals surface area contributed by atoms with E-state index in [1.54, 1.807) is 17.5 Å². The number of hydrogen-bond acceptors (Lipinski definition) is 6. The molecule has 2 N–H and O–H groups in total. The summed E-state index contributed by atoms with van der Waals surface area (Å²) < 4.78 is 4.09. The van der Waals surface area contributed by atoms with Gasteiger partial charge in [0.2, 0.25) is 0 Å². The molecule has 2 atom stereocenters. The van der Waals surface area contributed by atoms with E-state index in [0.717, 1.165) is 42.1 Å². The molecule has 6 nitrogen and oxygen atoms in total. The van der Waals surface area contributed by atoms with Crippen molar-refractivity contribution in [3.8, 4) is 0 Å². The Bertz CT molecular complexity index is 1430. The molecule has 0 radical (unpaired) electrons. The van der Waals surface area contributed by atoms with Crippen molar-refractivity contribution in [2.45, 2.75) is 25.1 Å². The Balaban J connectivity index is 1.27. The molecule has 154 valence electrons. The maximum atomic E-state index is 10.5. The van der Waals surface area contributed by atoms with Crippen LogP contribution in [0.25, 0.3) is 21.4 Å². The SMILES string of the molecule is O[C@@H]1Cc2ccccc2[C@H]1Nc1nc2ccc(Cn3cnc4cc(Br)cnc43)cc2s1. The first kappa shape index (κ1) is 18.9. The van der Waals surface area contributed by atoms with Crippen LogP contribution >= 0.6 is 27.3 Å². The van der Waals surface area contributed by atoms with Crippen LogP contribution in [-0.4, -0.2) is 30.7 Å². The highest BCUT2D eigenvalue weighted by molar-refractivity contribution is 9.10. The standard InChI is InChI=1S/C23H18BrN5OS/c24-15-9-18-22(25-10-15)29(12-26-18)11-13-5-6-17-20(7-13)31-23(27-17)28-21-16-4-2-1-3-14(16)8-19(21)30/h1-7,9-10,12,19,21,30H,8,11H2,(H,27,28)/t19-,21-/m1/s1. The average molecular weight is 492 g/mol. The molecule has 0 saturated heterocycles. The van der Waals surface area contributed by atoms with Crippen molar-refractivity contribution in [2.75, 3.05) is 5.32 Å². The van der Waals surface area contributed by atoms with Crippen LogP contribution in [0.5, 0.6) is 0 Å². The molecular weight excluding hydrogens is 474 g/mol. The number of nitrogens with zero attached hydrogens (tertiary/aromatic N) is 4. The molecule has 3 aromatic heterocycles. The highest BCUT2D eigenvalue weighted by atomic mass is 79.9. The molecule has 0 spiro atoms. The summed E-state index contributed by atoms with van der Waals surface area (Å²) in [5.74, 6) is 0. The van der Waals surface area contributed by atoms with Gasteiger partial charge in [-0.3, -0.25) is 0 Å². The van der Waals surface area contributed by atoms with Crippen molar-refractivity contribution in [1.29, 1.82) is 0 Å². The third-order valence-corrected chi connectivity index (χ3v) is 7.09. The zero-order chi connectivity index (χ0) is 20.9. The smallest absolute Gasteiger partial charge is 0.184 e. The second-order valence-electron chi connectivity index (χ2n) is 7.78. The number of imidazole rings is 1. The fourth-order valence-electron chi connectivity index (χ4n) is 4.25. The van der Waals surface area contributed by atoms with Gasteiger partial charge in [-0.2, -0.15) is 0 Å². The lowest BCUT2D eigenvalue weighted by molar-refractivity contribution is 0.166. The lowest BCUT2D eigenvalue weighted by atomic mass is 10.1. The van der Waals surface area contributed by atoms with Crippen molar-refractivity contribution >= 4 is 53.8 Å². The van der Waals surface area contributed by atoms with E-state index < -0.39 is 6.10 Å². The highest BCUT2D eigenvalue weighted by Crippen LogP contribution is 2.36. The van der Waals surface area contributed by atoms with Crippen molar-refractivity contribution in [2.24, 2.45) is 0 Å². The zero-order valence-corrected chi connectivity index (χ0v) is 18.8. The van der Waals surface area contributed by atoms with Crippen molar-refractivity contribution < 1.29 is 5.11 Å². The van der Waals surface area contributed by atoms with Gasteiger partial charge in [0, 0.05) is 17.1 Å². The maximum absolute atomic E-state index is 10.5. The van der Waals surface area contributed by atoms with Gasteiger partial charge in [0.1, 0.15) is 5.52 Å². The van der Waals surface area contributed by atoms with Gasteiger partial charge in [0.15, 0.2) is 10.8 Å². The van der Waals surface area contributed by atoms with Crippen LogP contribution in [0.1, 0.15) is 22.7 Å². The van der Waals surface area contributed by atoms with Crippen LogP contribution in [0.3, 0.4) is 0 Å². The third-order valence-electron chi connectivity index (χ3n) is 5.71. The summed E-state index contributed by atoms with van der Waals surface area (Å²) in [6.07, 6.45) is 3.85. The Morgan fingerprint density at radius 1 is 1.13 bits per heavy atom. The minimum Gasteiger partial charge on any atom is -0.390 e. The Labute approximate surface area is 190 Å². The lowest BCUT2D eigenvalue weighted by Gasteiger charge is -2.16. The fourth-order valence-corrected chi connectivity index (χ4v) is 5.53. The number of anilines is 1. The van der Waals surface area contributed by atoms with E-state index in [1.165, 1.54) is 5.56 Å². The number of aromatic nitrogens is 4. The molecule has 1 aliphatic carbocycles. The number of aliphatic hydroxyl groups is 1. The van der Waals surface area contributed by atoms with Gasteiger partial charge in [-0.25, -0.2) is 15.0 Å². The number of hydrogen-bond donors (Lipinski definition) is 2. The summed E-state index contributed by atoms with van der Waals surface area (Å²) in [4.78, 5) is 13.7. The van der Waals surface area contributed by atoms with Gasteiger partial charge in [-0.1, -0.05) is 41.7 Å². The molecule has 0 bridgehead atoms. The Morgan fingerprint density at radius 3 is 2.97 bits per heavy atom. The van der Waals surface area contributed by atoms with Gasteiger partial charge in [-0.15, -0.1) is 0 Å². The monoisotopic (exact) mass is 491 g/mol. The second-order valence-corrected chi connectivity index (χ2v) is 9.73.